The fourth-order valence-corrected chi connectivity index (χ4v) is 1.96. The molecule has 0 aliphatic heterocycles. The Bertz CT molecular complexity index is 669. The minimum Gasteiger partial charge on any atom is -0.322 e. The number of nitrogens with one attached hydrogen (secondary N) is 1. The van der Waals surface area contributed by atoms with Crippen LogP contribution in [0.5, 0.6) is 0 Å². The largest absolute Gasteiger partial charge is 0.322 e. The summed E-state index contributed by atoms with van der Waals surface area (Å²) in [5.41, 5.74) is 1.51. The van der Waals surface area contributed by atoms with Crippen molar-refractivity contribution in [1.82, 2.24) is 0 Å². The molecule has 20 heavy (non-hydrogen) atoms. The standard InChI is InChI=1S/C14H11BrN2O3/c1-9-2-7-12(17(19)20)8-13(9)14(18)16-11-5-3-10(15)4-6-11/h2-8H,1H3,(H,16,18). The molecule has 0 saturated heterocycles. The van der Waals surface area contributed by atoms with Crippen LogP contribution in [0.15, 0.2) is 46.9 Å². The molecule has 1 amide bonds. The van der Waals surface area contributed by atoms with Crippen LogP contribution in [0.25, 0.3) is 0 Å². The van der Waals surface area contributed by atoms with Gasteiger partial charge in [-0.1, -0.05) is 22.0 Å². The van der Waals surface area contributed by atoms with Crippen LogP contribution < -0.4 is 5.32 Å². The molecule has 0 aromatic heterocycles. The molecule has 2 rings (SSSR count). The number of nitro benzene ring substituents is 1. The maximum Gasteiger partial charge on any atom is 0.270 e. The number of carbonyl (C=O) groups excluding carboxylic acids is 1. The lowest BCUT2D eigenvalue weighted by Gasteiger charge is -2.07. The molecule has 0 spiro atoms. The summed E-state index contributed by atoms with van der Waals surface area (Å²) in [5.74, 6) is -0.367. The molecule has 1 N–H and O–H groups in total. The quantitative estimate of drug-likeness (QED) is 0.683. The van der Waals surface area contributed by atoms with Crippen LogP contribution in [0, 0.1) is 17.0 Å². The summed E-state index contributed by atoms with van der Waals surface area (Å²) in [5, 5.41) is 13.5. The topological polar surface area (TPSA) is 72.2 Å². The Morgan fingerprint density at radius 2 is 1.85 bits per heavy atom. The SMILES string of the molecule is Cc1ccc([N+](=O)[O-])cc1C(=O)Nc1ccc(Br)cc1. The van der Waals surface area contributed by atoms with Crippen molar-refractivity contribution < 1.29 is 9.72 Å². The lowest BCUT2D eigenvalue weighted by Crippen LogP contribution is -2.13. The van der Waals surface area contributed by atoms with E-state index < -0.39 is 4.92 Å². The van der Waals surface area contributed by atoms with Crippen LogP contribution >= 0.6 is 15.9 Å². The molecule has 0 fully saturated rings. The van der Waals surface area contributed by atoms with Gasteiger partial charge >= 0.3 is 0 Å². The van der Waals surface area contributed by atoms with E-state index in [4.69, 9.17) is 0 Å². The fraction of sp³-hybridized carbons (Fsp3) is 0.0714. The zero-order valence-corrected chi connectivity index (χ0v) is 12.2. The van der Waals surface area contributed by atoms with Gasteiger partial charge in [-0.05, 0) is 36.8 Å². The number of hydrogen-bond donors (Lipinski definition) is 1. The summed E-state index contributed by atoms with van der Waals surface area (Å²) in [6.07, 6.45) is 0. The molecular formula is C14H11BrN2O3. The number of aryl methyl sites for hydroxylation is 1. The highest BCUT2D eigenvalue weighted by Crippen LogP contribution is 2.20. The van der Waals surface area contributed by atoms with Crippen LogP contribution in [-0.2, 0) is 0 Å². The van der Waals surface area contributed by atoms with Gasteiger partial charge in [0.2, 0.25) is 0 Å². The van der Waals surface area contributed by atoms with E-state index in [-0.39, 0.29) is 11.6 Å². The highest BCUT2D eigenvalue weighted by Gasteiger charge is 2.14. The second-order valence-electron chi connectivity index (χ2n) is 4.22. The molecule has 102 valence electrons. The van der Waals surface area contributed by atoms with E-state index in [9.17, 15) is 14.9 Å². The Hall–Kier alpha value is -2.21. The number of halogens is 1. The van der Waals surface area contributed by atoms with Gasteiger partial charge in [0.15, 0.2) is 0 Å². The third-order valence-electron chi connectivity index (χ3n) is 2.78. The Labute approximate surface area is 123 Å². The number of hydrogen-bond acceptors (Lipinski definition) is 3. The molecule has 0 aliphatic rings. The van der Waals surface area contributed by atoms with Crippen molar-refractivity contribution in [1.29, 1.82) is 0 Å². The molecule has 2 aromatic rings. The first-order valence-electron chi connectivity index (χ1n) is 5.79. The summed E-state index contributed by atoms with van der Waals surface area (Å²) >= 11 is 3.31. The van der Waals surface area contributed by atoms with Crippen molar-refractivity contribution in [2.75, 3.05) is 5.32 Å². The highest BCUT2D eigenvalue weighted by atomic mass is 79.9. The molecule has 2 aromatic carbocycles. The number of amides is 1. The molecule has 0 saturated carbocycles. The first-order chi connectivity index (χ1) is 9.47. The van der Waals surface area contributed by atoms with Crippen molar-refractivity contribution in [3.8, 4) is 0 Å². The number of rotatable bonds is 3. The Kier molecular flexibility index (Phi) is 4.14. The monoisotopic (exact) mass is 334 g/mol. The van der Waals surface area contributed by atoms with Gasteiger partial charge in [-0.25, -0.2) is 0 Å². The smallest absolute Gasteiger partial charge is 0.270 e. The van der Waals surface area contributed by atoms with Crippen molar-refractivity contribution in [2.24, 2.45) is 0 Å². The van der Waals surface area contributed by atoms with Crippen LogP contribution in [-0.4, -0.2) is 10.8 Å². The lowest BCUT2D eigenvalue weighted by atomic mass is 10.1. The molecule has 0 atom stereocenters. The second kappa shape index (κ2) is 5.83. The zero-order valence-electron chi connectivity index (χ0n) is 10.6. The molecule has 0 bridgehead atoms. The van der Waals surface area contributed by atoms with E-state index in [2.05, 4.69) is 21.2 Å². The molecule has 0 unspecified atom stereocenters. The van der Waals surface area contributed by atoms with Gasteiger partial charge in [-0.15, -0.1) is 0 Å². The number of anilines is 1. The van der Waals surface area contributed by atoms with Gasteiger partial charge in [0, 0.05) is 27.9 Å². The van der Waals surface area contributed by atoms with Gasteiger partial charge in [0.05, 0.1) is 4.92 Å². The van der Waals surface area contributed by atoms with Crippen molar-refractivity contribution in [3.63, 3.8) is 0 Å². The molecular weight excluding hydrogens is 324 g/mol. The van der Waals surface area contributed by atoms with E-state index in [1.165, 1.54) is 12.1 Å². The van der Waals surface area contributed by atoms with E-state index in [0.29, 0.717) is 16.8 Å². The molecule has 0 heterocycles. The summed E-state index contributed by atoms with van der Waals surface area (Å²) in [6.45, 7) is 1.74. The van der Waals surface area contributed by atoms with Crippen LogP contribution in [0.1, 0.15) is 15.9 Å². The summed E-state index contributed by atoms with van der Waals surface area (Å²) in [4.78, 5) is 22.4. The van der Waals surface area contributed by atoms with Crippen molar-refractivity contribution >= 4 is 33.2 Å². The van der Waals surface area contributed by atoms with Gasteiger partial charge in [0.1, 0.15) is 0 Å². The predicted molar refractivity (Wildman–Crippen MR) is 79.9 cm³/mol. The van der Waals surface area contributed by atoms with Crippen molar-refractivity contribution in [3.05, 3.63) is 68.2 Å². The van der Waals surface area contributed by atoms with Gasteiger partial charge in [-0.2, -0.15) is 0 Å². The van der Waals surface area contributed by atoms with Gasteiger partial charge < -0.3 is 5.32 Å². The lowest BCUT2D eigenvalue weighted by molar-refractivity contribution is -0.384. The maximum absolute atomic E-state index is 12.1. The third kappa shape index (κ3) is 3.21. The van der Waals surface area contributed by atoms with Crippen molar-refractivity contribution in [2.45, 2.75) is 6.92 Å². The maximum atomic E-state index is 12.1. The zero-order chi connectivity index (χ0) is 14.7. The number of carbonyl (C=O) groups is 1. The van der Waals surface area contributed by atoms with Gasteiger partial charge in [-0.3, -0.25) is 14.9 Å². The third-order valence-corrected chi connectivity index (χ3v) is 3.31. The van der Waals surface area contributed by atoms with Crippen LogP contribution in [0.3, 0.4) is 0 Å². The van der Waals surface area contributed by atoms with Crippen LogP contribution in [0.4, 0.5) is 11.4 Å². The molecule has 0 radical (unpaired) electrons. The summed E-state index contributed by atoms with van der Waals surface area (Å²) in [7, 11) is 0. The highest BCUT2D eigenvalue weighted by molar-refractivity contribution is 9.10. The van der Waals surface area contributed by atoms with E-state index in [1.54, 1.807) is 37.3 Å². The van der Waals surface area contributed by atoms with E-state index in [1.807, 2.05) is 0 Å². The second-order valence-corrected chi connectivity index (χ2v) is 5.13. The minimum absolute atomic E-state index is 0.100. The number of non-ortho nitro benzene ring substituents is 1. The average Bonchev–Trinajstić information content (AvgIpc) is 2.41. The molecule has 5 nitrogen and oxygen atoms in total. The normalized spacial score (nSPS) is 10.1. The Morgan fingerprint density at radius 3 is 2.45 bits per heavy atom. The average molecular weight is 335 g/mol. The first-order valence-corrected chi connectivity index (χ1v) is 6.58. The minimum atomic E-state index is -0.518. The first kappa shape index (κ1) is 14.2. The fourth-order valence-electron chi connectivity index (χ4n) is 1.70. The van der Waals surface area contributed by atoms with E-state index in [0.717, 1.165) is 4.47 Å². The van der Waals surface area contributed by atoms with Crippen LogP contribution in [0.2, 0.25) is 0 Å². The molecule has 6 heteroatoms. The summed E-state index contributed by atoms with van der Waals surface area (Å²) < 4.78 is 0.905. The number of benzene rings is 2. The van der Waals surface area contributed by atoms with Gasteiger partial charge in [0.25, 0.3) is 11.6 Å². The van der Waals surface area contributed by atoms with E-state index >= 15 is 0 Å². The Balaban J connectivity index is 2.26. The number of nitro groups is 1. The Morgan fingerprint density at radius 1 is 1.20 bits per heavy atom. The number of nitrogens with zero attached hydrogens (tertiary/aromatic N) is 1. The predicted octanol–water partition coefficient (Wildman–Crippen LogP) is 3.92. The molecule has 0 aliphatic carbocycles. The summed E-state index contributed by atoms with van der Waals surface area (Å²) in [6, 6.07) is 11.3.